The third-order valence-electron chi connectivity index (χ3n) is 5.31. The summed E-state index contributed by atoms with van der Waals surface area (Å²) >= 11 is 0. The van der Waals surface area contributed by atoms with Crippen molar-refractivity contribution in [1.29, 1.82) is 0 Å². The summed E-state index contributed by atoms with van der Waals surface area (Å²) in [6, 6.07) is 34.9. The molecule has 0 bridgehead atoms. The Hall–Kier alpha value is -3.58. The lowest BCUT2D eigenvalue weighted by Gasteiger charge is -2.26. The van der Waals surface area contributed by atoms with Crippen LogP contribution in [0.25, 0.3) is 17.2 Å². The minimum Gasteiger partial charge on any atom is -0.311 e. The average Bonchev–Trinajstić information content (AvgIpc) is 2.78. The Kier molecular flexibility index (Phi) is 5.81. The number of benzene rings is 4. The SMILES string of the molecule is C/C=C/c1ccc(-c2ccc(N(c3ccc(C)cc3)c3ccc(C)cc3)cc2)cc1. The van der Waals surface area contributed by atoms with Gasteiger partial charge >= 0.3 is 0 Å². The molecule has 0 aliphatic rings. The highest BCUT2D eigenvalue weighted by molar-refractivity contribution is 5.78. The van der Waals surface area contributed by atoms with Crippen LogP contribution in [0.15, 0.2) is 103 Å². The molecule has 0 spiro atoms. The van der Waals surface area contributed by atoms with Crippen molar-refractivity contribution in [1.82, 2.24) is 0 Å². The Labute approximate surface area is 179 Å². The quantitative estimate of drug-likeness (QED) is 0.331. The van der Waals surface area contributed by atoms with Crippen molar-refractivity contribution in [2.24, 2.45) is 0 Å². The summed E-state index contributed by atoms with van der Waals surface area (Å²) in [4.78, 5) is 2.30. The van der Waals surface area contributed by atoms with Crippen molar-refractivity contribution >= 4 is 23.1 Å². The molecule has 0 saturated carbocycles. The molecule has 0 aliphatic carbocycles. The van der Waals surface area contributed by atoms with E-state index in [1.807, 2.05) is 6.92 Å². The van der Waals surface area contributed by atoms with Crippen LogP contribution in [0, 0.1) is 13.8 Å². The average molecular weight is 390 g/mol. The molecular formula is C29H27N. The number of allylic oxidation sites excluding steroid dienone is 1. The summed E-state index contributed by atoms with van der Waals surface area (Å²) in [5.41, 5.74) is 9.67. The van der Waals surface area contributed by atoms with Gasteiger partial charge in [0.1, 0.15) is 0 Å². The number of hydrogen-bond donors (Lipinski definition) is 0. The fourth-order valence-corrected chi connectivity index (χ4v) is 3.62. The van der Waals surface area contributed by atoms with Crippen LogP contribution in [0.1, 0.15) is 23.6 Å². The van der Waals surface area contributed by atoms with Gasteiger partial charge in [0.15, 0.2) is 0 Å². The van der Waals surface area contributed by atoms with E-state index in [9.17, 15) is 0 Å². The second-order valence-electron chi connectivity index (χ2n) is 7.68. The van der Waals surface area contributed by atoms with Crippen molar-refractivity contribution in [3.05, 3.63) is 120 Å². The Balaban J connectivity index is 1.70. The number of aryl methyl sites for hydroxylation is 2. The van der Waals surface area contributed by atoms with Crippen molar-refractivity contribution in [2.75, 3.05) is 4.90 Å². The van der Waals surface area contributed by atoms with Gasteiger partial charge < -0.3 is 4.90 Å². The van der Waals surface area contributed by atoms with Crippen molar-refractivity contribution in [3.63, 3.8) is 0 Å². The smallest absolute Gasteiger partial charge is 0.0462 e. The fraction of sp³-hybridized carbons (Fsp3) is 0.103. The maximum atomic E-state index is 2.30. The molecule has 0 atom stereocenters. The van der Waals surface area contributed by atoms with E-state index >= 15 is 0 Å². The summed E-state index contributed by atoms with van der Waals surface area (Å²) in [6.07, 6.45) is 4.18. The van der Waals surface area contributed by atoms with Crippen LogP contribution in [0.5, 0.6) is 0 Å². The van der Waals surface area contributed by atoms with Gasteiger partial charge in [-0.1, -0.05) is 83.9 Å². The van der Waals surface area contributed by atoms with Gasteiger partial charge in [0.25, 0.3) is 0 Å². The third-order valence-corrected chi connectivity index (χ3v) is 5.31. The zero-order valence-electron chi connectivity index (χ0n) is 17.8. The summed E-state index contributed by atoms with van der Waals surface area (Å²) in [7, 11) is 0. The van der Waals surface area contributed by atoms with E-state index in [1.54, 1.807) is 0 Å². The van der Waals surface area contributed by atoms with Crippen molar-refractivity contribution in [3.8, 4) is 11.1 Å². The molecule has 1 heteroatoms. The van der Waals surface area contributed by atoms with Gasteiger partial charge in [-0.3, -0.25) is 0 Å². The second kappa shape index (κ2) is 8.84. The third kappa shape index (κ3) is 4.36. The first-order chi connectivity index (χ1) is 14.6. The van der Waals surface area contributed by atoms with Gasteiger partial charge in [0.2, 0.25) is 0 Å². The highest BCUT2D eigenvalue weighted by atomic mass is 15.1. The van der Waals surface area contributed by atoms with Crippen molar-refractivity contribution < 1.29 is 0 Å². The Morgan fingerprint density at radius 1 is 0.500 bits per heavy atom. The molecule has 0 N–H and O–H groups in total. The van der Waals surface area contributed by atoms with Gasteiger partial charge in [-0.2, -0.15) is 0 Å². The molecule has 0 aromatic heterocycles. The van der Waals surface area contributed by atoms with E-state index in [0.717, 1.165) is 17.1 Å². The molecule has 0 saturated heterocycles. The minimum absolute atomic E-state index is 1.15. The highest BCUT2D eigenvalue weighted by Crippen LogP contribution is 2.35. The second-order valence-corrected chi connectivity index (χ2v) is 7.68. The topological polar surface area (TPSA) is 3.24 Å². The van der Waals surface area contributed by atoms with Crippen molar-refractivity contribution in [2.45, 2.75) is 20.8 Å². The Morgan fingerprint density at radius 3 is 1.27 bits per heavy atom. The maximum Gasteiger partial charge on any atom is 0.0462 e. The predicted octanol–water partition coefficient (Wildman–Crippen LogP) is 8.47. The Bertz CT molecular complexity index is 1070. The Morgan fingerprint density at radius 2 is 0.867 bits per heavy atom. The zero-order chi connectivity index (χ0) is 20.9. The predicted molar refractivity (Wildman–Crippen MR) is 131 cm³/mol. The molecule has 30 heavy (non-hydrogen) atoms. The monoisotopic (exact) mass is 389 g/mol. The van der Waals surface area contributed by atoms with E-state index in [1.165, 1.54) is 27.8 Å². The molecule has 0 fully saturated rings. The maximum absolute atomic E-state index is 2.30. The van der Waals surface area contributed by atoms with Crippen LogP contribution in [-0.2, 0) is 0 Å². The van der Waals surface area contributed by atoms with Crippen LogP contribution in [0.3, 0.4) is 0 Å². The number of hydrogen-bond acceptors (Lipinski definition) is 1. The van der Waals surface area contributed by atoms with E-state index in [4.69, 9.17) is 0 Å². The highest BCUT2D eigenvalue weighted by Gasteiger charge is 2.12. The summed E-state index contributed by atoms with van der Waals surface area (Å²) < 4.78 is 0. The lowest BCUT2D eigenvalue weighted by molar-refractivity contribution is 1.27. The standard InChI is InChI=1S/C29H27N/c1-4-5-24-10-12-25(13-11-24)26-14-20-29(21-15-26)30(27-16-6-22(2)7-17-27)28-18-8-23(3)9-19-28/h4-21H,1-3H3/b5-4+. The van der Waals surface area contributed by atoms with E-state index in [2.05, 4.69) is 128 Å². The number of rotatable bonds is 5. The lowest BCUT2D eigenvalue weighted by Crippen LogP contribution is -2.09. The molecule has 4 aromatic carbocycles. The van der Waals surface area contributed by atoms with Crippen LogP contribution in [0.4, 0.5) is 17.1 Å². The van der Waals surface area contributed by atoms with Gasteiger partial charge in [0.05, 0.1) is 0 Å². The van der Waals surface area contributed by atoms with Gasteiger partial charge in [-0.15, -0.1) is 0 Å². The molecule has 0 aliphatic heterocycles. The van der Waals surface area contributed by atoms with Gasteiger partial charge in [0, 0.05) is 17.1 Å². The van der Waals surface area contributed by atoms with Gasteiger partial charge in [-0.25, -0.2) is 0 Å². The summed E-state index contributed by atoms with van der Waals surface area (Å²) in [5.74, 6) is 0. The molecule has 0 heterocycles. The first-order valence-corrected chi connectivity index (χ1v) is 10.4. The molecule has 148 valence electrons. The molecule has 0 unspecified atom stereocenters. The van der Waals surface area contributed by atoms with E-state index in [-0.39, 0.29) is 0 Å². The van der Waals surface area contributed by atoms with Gasteiger partial charge in [-0.05, 0) is 73.9 Å². The molecule has 4 rings (SSSR count). The number of anilines is 3. The largest absolute Gasteiger partial charge is 0.311 e. The van der Waals surface area contributed by atoms with Crippen LogP contribution in [0.2, 0.25) is 0 Å². The first-order valence-electron chi connectivity index (χ1n) is 10.4. The zero-order valence-corrected chi connectivity index (χ0v) is 17.8. The van der Waals surface area contributed by atoms with E-state index < -0.39 is 0 Å². The normalized spacial score (nSPS) is 11.0. The van der Waals surface area contributed by atoms with Crippen LogP contribution < -0.4 is 4.90 Å². The minimum atomic E-state index is 1.15. The summed E-state index contributed by atoms with van der Waals surface area (Å²) in [5, 5.41) is 0. The van der Waals surface area contributed by atoms with Crippen LogP contribution >= 0.6 is 0 Å². The fourth-order valence-electron chi connectivity index (χ4n) is 3.62. The molecule has 0 radical (unpaired) electrons. The molecule has 0 amide bonds. The van der Waals surface area contributed by atoms with E-state index in [0.29, 0.717) is 0 Å². The summed E-state index contributed by atoms with van der Waals surface area (Å²) in [6.45, 7) is 6.28. The first kappa shape index (κ1) is 19.7. The molecule has 1 nitrogen and oxygen atoms in total. The lowest BCUT2D eigenvalue weighted by atomic mass is 10.0. The number of nitrogens with zero attached hydrogens (tertiary/aromatic N) is 1. The molecule has 4 aromatic rings. The molecular weight excluding hydrogens is 362 g/mol. The van der Waals surface area contributed by atoms with Crippen LogP contribution in [-0.4, -0.2) is 0 Å².